The van der Waals surface area contributed by atoms with Gasteiger partial charge in [0.05, 0.1) is 21.3 Å². The lowest BCUT2D eigenvalue weighted by Crippen LogP contribution is -2.14. The molecule has 0 amide bonds. The lowest BCUT2D eigenvalue weighted by atomic mass is 10.2. The van der Waals surface area contributed by atoms with Crippen molar-refractivity contribution in [1.82, 2.24) is 9.97 Å². The molecule has 0 radical (unpaired) electrons. The first-order chi connectivity index (χ1) is 12.0. The fourth-order valence-electron chi connectivity index (χ4n) is 2.13. The van der Waals surface area contributed by atoms with E-state index in [0.717, 1.165) is 5.56 Å². The molecule has 3 rings (SSSR count). The average molecular weight is 375 g/mol. The Bertz CT molecular complexity index is 977. The number of aromatic nitrogens is 2. The first kappa shape index (κ1) is 17.2. The van der Waals surface area contributed by atoms with Crippen LogP contribution < -0.4 is 10.0 Å². The Morgan fingerprint density at radius 1 is 0.960 bits per heavy atom. The molecule has 0 saturated carbocycles. The highest BCUT2D eigenvalue weighted by Crippen LogP contribution is 2.33. The van der Waals surface area contributed by atoms with E-state index in [1.165, 1.54) is 0 Å². The van der Waals surface area contributed by atoms with Crippen molar-refractivity contribution in [3.05, 3.63) is 71.5 Å². The highest BCUT2D eigenvalue weighted by molar-refractivity contribution is 7.92. The molecule has 0 aliphatic heterocycles. The van der Waals surface area contributed by atoms with E-state index >= 15 is 0 Å². The van der Waals surface area contributed by atoms with Crippen LogP contribution in [0, 0.1) is 6.92 Å². The van der Waals surface area contributed by atoms with Crippen molar-refractivity contribution in [3.8, 4) is 0 Å². The SMILES string of the molecule is Cc1ccc(S(=O)(=O)Nc2cccc(Cl)c2Nc2ncccn2)cc1. The van der Waals surface area contributed by atoms with Crippen molar-refractivity contribution >= 4 is 38.9 Å². The summed E-state index contributed by atoms with van der Waals surface area (Å²) in [5, 5.41) is 3.29. The van der Waals surface area contributed by atoms with Crippen molar-refractivity contribution in [1.29, 1.82) is 0 Å². The maximum absolute atomic E-state index is 12.6. The summed E-state index contributed by atoms with van der Waals surface area (Å²) in [6.07, 6.45) is 3.14. The molecule has 2 N–H and O–H groups in total. The first-order valence-corrected chi connectivity index (χ1v) is 9.24. The van der Waals surface area contributed by atoms with E-state index < -0.39 is 10.0 Å². The number of hydrogen-bond acceptors (Lipinski definition) is 5. The maximum Gasteiger partial charge on any atom is 0.261 e. The standard InChI is InChI=1S/C17H15ClN4O2S/c1-12-6-8-13(9-7-12)25(23,24)22-15-5-2-4-14(18)16(15)21-17-19-10-3-11-20-17/h2-11,22H,1H3,(H,19,20,21). The number of para-hydroxylation sites is 1. The van der Waals surface area contributed by atoms with Crippen LogP contribution in [0.5, 0.6) is 0 Å². The van der Waals surface area contributed by atoms with Crippen LogP contribution in [-0.4, -0.2) is 18.4 Å². The number of nitrogens with zero attached hydrogens (tertiary/aromatic N) is 2. The highest BCUT2D eigenvalue weighted by atomic mass is 35.5. The largest absolute Gasteiger partial charge is 0.321 e. The molecule has 25 heavy (non-hydrogen) atoms. The molecule has 3 aromatic rings. The third-order valence-electron chi connectivity index (χ3n) is 3.39. The Morgan fingerprint density at radius 2 is 1.64 bits per heavy atom. The summed E-state index contributed by atoms with van der Waals surface area (Å²) in [5.41, 5.74) is 1.66. The van der Waals surface area contributed by atoms with Crippen LogP contribution >= 0.6 is 11.6 Å². The molecule has 0 fully saturated rings. The van der Waals surface area contributed by atoms with E-state index in [4.69, 9.17) is 11.6 Å². The Hall–Kier alpha value is -2.64. The summed E-state index contributed by atoms with van der Waals surface area (Å²) >= 11 is 6.22. The van der Waals surface area contributed by atoms with Crippen LogP contribution in [0.4, 0.5) is 17.3 Å². The molecular weight excluding hydrogens is 360 g/mol. The highest BCUT2D eigenvalue weighted by Gasteiger charge is 2.17. The molecule has 2 aromatic carbocycles. The minimum Gasteiger partial charge on any atom is -0.321 e. The third kappa shape index (κ3) is 4.07. The number of rotatable bonds is 5. The van der Waals surface area contributed by atoms with Crippen molar-refractivity contribution < 1.29 is 8.42 Å². The van der Waals surface area contributed by atoms with Crippen LogP contribution in [-0.2, 0) is 10.0 Å². The number of hydrogen-bond donors (Lipinski definition) is 2. The van der Waals surface area contributed by atoms with Crippen molar-refractivity contribution in [2.45, 2.75) is 11.8 Å². The second kappa shape index (κ2) is 7.08. The number of anilines is 3. The summed E-state index contributed by atoms with van der Waals surface area (Å²) in [6.45, 7) is 1.89. The molecule has 0 aliphatic carbocycles. The molecule has 0 bridgehead atoms. The fourth-order valence-corrected chi connectivity index (χ4v) is 3.43. The molecule has 128 valence electrons. The van der Waals surface area contributed by atoms with Gasteiger partial charge in [0.25, 0.3) is 10.0 Å². The summed E-state index contributed by atoms with van der Waals surface area (Å²) in [6, 6.07) is 13.2. The second-order valence-electron chi connectivity index (χ2n) is 5.28. The minimum absolute atomic E-state index is 0.167. The monoisotopic (exact) mass is 374 g/mol. The van der Waals surface area contributed by atoms with E-state index in [1.807, 2.05) is 6.92 Å². The maximum atomic E-state index is 12.6. The van der Waals surface area contributed by atoms with E-state index in [9.17, 15) is 8.42 Å². The third-order valence-corrected chi connectivity index (χ3v) is 5.09. The van der Waals surface area contributed by atoms with Crippen LogP contribution in [0.1, 0.15) is 5.56 Å². The predicted molar refractivity (Wildman–Crippen MR) is 98.8 cm³/mol. The van der Waals surface area contributed by atoms with Gasteiger partial charge < -0.3 is 5.32 Å². The molecule has 8 heteroatoms. The Morgan fingerprint density at radius 3 is 2.32 bits per heavy atom. The molecule has 0 spiro atoms. The summed E-state index contributed by atoms with van der Waals surface area (Å²) in [7, 11) is -3.75. The van der Waals surface area contributed by atoms with Gasteiger partial charge in [-0.15, -0.1) is 0 Å². The Labute approximate surface area is 151 Å². The molecule has 1 aromatic heterocycles. The minimum atomic E-state index is -3.75. The van der Waals surface area contributed by atoms with Gasteiger partial charge >= 0.3 is 0 Å². The molecule has 0 unspecified atom stereocenters. The topological polar surface area (TPSA) is 84.0 Å². The Kier molecular flexibility index (Phi) is 4.87. The van der Waals surface area contributed by atoms with Crippen LogP contribution in [0.2, 0.25) is 5.02 Å². The van der Waals surface area contributed by atoms with Crippen LogP contribution in [0.15, 0.2) is 65.8 Å². The number of aryl methyl sites for hydroxylation is 1. The van der Waals surface area contributed by atoms with E-state index in [1.54, 1.807) is 60.9 Å². The van der Waals surface area contributed by atoms with Gasteiger partial charge in [-0.2, -0.15) is 0 Å². The molecule has 1 heterocycles. The van der Waals surface area contributed by atoms with Gasteiger partial charge in [-0.1, -0.05) is 35.4 Å². The molecular formula is C17H15ClN4O2S. The average Bonchev–Trinajstić information content (AvgIpc) is 2.59. The van der Waals surface area contributed by atoms with Gasteiger partial charge in [0, 0.05) is 12.4 Å². The zero-order valence-electron chi connectivity index (χ0n) is 13.3. The van der Waals surface area contributed by atoms with Crippen LogP contribution in [0.3, 0.4) is 0 Å². The van der Waals surface area contributed by atoms with Crippen molar-refractivity contribution in [2.75, 3.05) is 10.0 Å². The van der Waals surface area contributed by atoms with Gasteiger partial charge in [0.1, 0.15) is 0 Å². The van der Waals surface area contributed by atoms with Gasteiger partial charge in [0.15, 0.2) is 0 Å². The zero-order valence-corrected chi connectivity index (χ0v) is 14.8. The van der Waals surface area contributed by atoms with E-state index in [0.29, 0.717) is 22.3 Å². The van der Waals surface area contributed by atoms with Gasteiger partial charge in [-0.3, -0.25) is 4.72 Å². The summed E-state index contributed by atoms with van der Waals surface area (Å²) in [4.78, 5) is 8.29. The van der Waals surface area contributed by atoms with Gasteiger partial charge in [-0.05, 0) is 37.3 Å². The molecule has 0 atom stereocenters. The quantitative estimate of drug-likeness (QED) is 0.705. The number of nitrogens with one attached hydrogen (secondary N) is 2. The van der Waals surface area contributed by atoms with Gasteiger partial charge in [-0.25, -0.2) is 18.4 Å². The summed E-state index contributed by atoms with van der Waals surface area (Å²) < 4.78 is 27.8. The van der Waals surface area contributed by atoms with E-state index in [-0.39, 0.29) is 4.90 Å². The lowest BCUT2D eigenvalue weighted by molar-refractivity contribution is 0.601. The van der Waals surface area contributed by atoms with Gasteiger partial charge in [0.2, 0.25) is 5.95 Å². The second-order valence-corrected chi connectivity index (χ2v) is 7.37. The smallest absolute Gasteiger partial charge is 0.261 e. The fraction of sp³-hybridized carbons (Fsp3) is 0.0588. The number of benzene rings is 2. The Balaban J connectivity index is 1.95. The normalized spacial score (nSPS) is 11.1. The predicted octanol–water partition coefficient (Wildman–Crippen LogP) is 3.98. The van der Waals surface area contributed by atoms with Crippen molar-refractivity contribution in [2.24, 2.45) is 0 Å². The first-order valence-electron chi connectivity index (χ1n) is 7.38. The molecule has 0 saturated heterocycles. The van der Waals surface area contributed by atoms with Crippen molar-refractivity contribution in [3.63, 3.8) is 0 Å². The molecule has 0 aliphatic rings. The number of halogens is 1. The number of sulfonamides is 1. The van der Waals surface area contributed by atoms with E-state index in [2.05, 4.69) is 20.0 Å². The molecule has 6 nitrogen and oxygen atoms in total. The van der Waals surface area contributed by atoms with Crippen LogP contribution in [0.25, 0.3) is 0 Å². The lowest BCUT2D eigenvalue weighted by Gasteiger charge is -2.15. The summed E-state index contributed by atoms with van der Waals surface area (Å²) in [5.74, 6) is 0.311. The zero-order chi connectivity index (χ0) is 17.9.